The number of guanidine groups is 1. The number of aromatic amines is 1. The molecule has 27 heavy (non-hydrogen) atoms. The Morgan fingerprint density at radius 1 is 1.22 bits per heavy atom. The number of ether oxygens (including phenoxy) is 1. The summed E-state index contributed by atoms with van der Waals surface area (Å²) in [5.74, 6) is 1.58. The summed E-state index contributed by atoms with van der Waals surface area (Å²) < 4.78 is 5.65. The quantitative estimate of drug-likeness (QED) is 0.326. The van der Waals surface area contributed by atoms with Gasteiger partial charge in [0.2, 0.25) is 0 Å². The summed E-state index contributed by atoms with van der Waals surface area (Å²) in [6.07, 6.45) is 6.43. The highest BCUT2D eigenvalue weighted by Gasteiger charge is 2.06. The number of hydrogen-bond acceptors (Lipinski definition) is 3. The van der Waals surface area contributed by atoms with Crippen LogP contribution < -0.4 is 15.4 Å². The molecule has 0 amide bonds. The van der Waals surface area contributed by atoms with Crippen LogP contribution in [-0.4, -0.2) is 42.2 Å². The number of nitrogens with zero attached hydrogens (tertiary/aromatic N) is 2. The lowest BCUT2D eigenvalue weighted by Crippen LogP contribution is -2.39. The number of rotatable bonds is 8. The Labute approximate surface area is 160 Å². The standard InChI is InChI=1S/C21H27N5O/c1-3-23-21(25-12-13-27-18-7-5-10-22-15-18)24-11-9-17-14-26-19-8-4-6-16(2)20(17)19/h4-8,10,14-15,26H,3,9,11-13H2,1-2H3,(H2,23,24,25). The SMILES string of the molecule is CCNC(=NCCc1c[nH]c2cccc(C)c12)NCCOc1cccnc1. The Morgan fingerprint density at radius 2 is 2.15 bits per heavy atom. The summed E-state index contributed by atoms with van der Waals surface area (Å²) >= 11 is 0. The molecule has 0 bridgehead atoms. The van der Waals surface area contributed by atoms with Crippen molar-refractivity contribution >= 4 is 16.9 Å². The first kappa shape index (κ1) is 18.8. The number of hydrogen-bond donors (Lipinski definition) is 3. The number of aliphatic imine (C=N–C) groups is 1. The normalized spacial score (nSPS) is 11.6. The highest BCUT2D eigenvalue weighted by atomic mass is 16.5. The van der Waals surface area contributed by atoms with Crippen LogP contribution in [0.3, 0.4) is 0 Å². The van der Waals surface area contributed by atoms with Crippen molar-refractivity contribution in [1.29, 1.82) is 0 Å². The van der Waals surface area contributed by atoms with Crippen molar-refractivity contribution in [2.45, 2.75) is 20.3 Å². The minimum Gasteiger partial charge on any atom is -0.490 e. The minimum absolute atomic E-state index is 0.553. The average Bonchev–Trinajstić information content (AvgIpc) is 3.10. The van der Waals surface area contributed by atoms with Crippen LogP contribution in [-0.2, 0) is 6.42 Å². The maximum atomic E-state index is 5.65. The van der Waals surface area contributed by atoms with Gasteiger partial charge in [0.1, 0.15) is 12.4 Å². The van der Waals surface area contributed by atoms with Gasteiger partial charge in [0, 0.05) is 36.4 Å². The lowest BCUT2D eigenvalue weighted by Gasteiger charge is -2.12. The van der Waals surface area contributed by atoms with Gasteiger partial charge in [-0.25, -0.2) is 0 Å². The van der Waals surface area contributed by atoms with E-state index in [4.69, 9.17) is 4.74 Å². The van der Waals surface area contributed by atoms with E-state index in [1.54, 1.807) is 12.4 Å². The van der Waals surface area contributed by atoms with Gasteiger partial charge in [-0.3, -0.25) is 9.98 Å². The summed E-state index contributed by atoms with van der Waals surface area (Å²) in [6, 6.07) is 10.1. The first-order valence-corrected chi connectivity index (χ1v) is 9.38. The van der Waals surface area contributed by atoms with Crippen molar-refractivity contribution in [2.24, 2.45) is 4.99 Å². The van der Waals surface area contributed by atoms with E-state index in [-0.39, 0.29) is 0 Å². The summed E-state index contributed by atoms with van der Waals surface area (Å²) in [5.41, 5.74) is 3.79. The van der Waals surface area contributed by atoms with Crippen molar-refractivity contribution in [2.75, 3.05) is 26.2 Å². The van der Waals surface area contributed by atoms with Crippen LogP contribution in [0.5, 0.6) is 5.75 Å². The molecule has 0 spiro atoms. The Hall–Kier alpha value is -3.02. The van der Waals surface area contributed by atoms with E-state index < -0.39 is 0 Å². The second-order valence-corrected chi connectivity index (χ2v) is 6.29. The van der Waals surface area contributed by atoms with Crippen LogP contribution in [0, 0.1) is 6.92 Å². The Kier molecular flexibility index (Phi) is 6.68. The first-order valence-electron chi connectivity index (χ1n) is 9.38. The van der Waals surface area contributed by atoms with Crippen molar-refractivity contribution in [3.8, 4) is 5.75 Å². The van der Waals surface area contributed by atoms with Gasteiger partial charge in [-0.15, -0.1) is 0 Å². The highest BCUT2D eigenvalue weighted by molar-refractivity contribution is 5.86. The number of aryl methyl sites for hydroxylation is 1. The first-order chi connectivity index (χ1) is 13.3. The monoisotopic (exact) mass is 365 g/mol. The summed E-state index contributed by atoms with van der Waals surface area (Å²) in [6.45, 7) is 6.98. The summed E-state index contributed by atoms with van der Waals surface area (Å²) in [7, 11) is 0. The summed E-state index contributed by atoms with van der Waals surface area (Å²) in [4.78, 5) is 12.1. The zero-order valence-electron chi connectivity index (χ0n) is 16.0. The number of H-pyrrole nitrogens is 1. The number of aromatic nitrogens is 2. The predicted molar refractivity (Wildman–Crippen MR) is 110 cm³/mol. The van der Waals surface area contributed by atoms with Crippen molar-refractivity contribution in [3.63, 3.8) is 0 Å². The Bertz CT molecular complexity index is 873. The van der Waals surface area contributed by atoms with Gasteiger partial charge in [-0.1, -0.05) is 12.1 Å². The molecule has 0 unspecified atom stereocenters. The number of pyridine rings is 1. The fourth-order valence-electron chi connectivity index (χ4n) is 3.05. The molecule has 3 rings (SSSR count). The van der Waals surface area contributed by atoms with Crippen molar-refractivity contribution in [1.82, 2.24) is 20.6 Å². The zero-order valence-corrected chi connectivity index (χ0v) is 16.0. The lowest BCUT2D eigenvalue weighted by atomic mass is 10.1. The topological polar surface area (TPSA) is 74.3 Å². The van der Waals surface area contributed by atoms with Crippen LogP contribution >= 0.6 is 0 Å². The second-order valence-electron chi connectivity index (χ2n) is 6.29. The molecule has 0 aliphatic carbocycles. The van der Waals surface area contributed by atoms with Gasteiger partial charge in [-0.2, -0.15) is 0 Å². The molecule has 3 aromatic rings. The molecule has 3 N–H and O–H groups in total. The third kappa shape index (κ3) is 5.23. The van der Waals surface area contributed by atoms with Crippen molar-refractivity contribution < 1.29 is 4.74 Å². The van der Waals surface area contributed by atoms with Crippen LogP contribution in [0.4, 0.5) is 0 Å². The van der Waals surface area contributed by atoms with E-state index in [1.807, 2.05) is 12.1 Å². The smallest absolute Gasteiger partial charge is 0.191 e. The number of nitrogens with one attached hydrogen (secondary N) is 3. The molecule has 2 aromatic heterocycles. The van der Waals surface area contributed by atoms with Crippen LogP contribution in [0.15, 0.2) is 53.9 Å². The van der Waals surface area contributed by atoms with Crippen LogP contribution in [0.1, 0.15) is 18.1 Å². The predicted octanol–water partition coefficient (Wildman–Crippen LogP) is 3.05. The van der Waals surface area contributed by atoms with Crippen LogP contribution in [0.2, 0.25) is 0 Å². The lowest BCUT2D eigenvalue weighted by molar-refractivity contribution is 0.320. The van der Waals surface area contributed by atoms with E-state index in [0.29, 0.717) is 13.2 Å². The van der Waals surface area contributed by atoms with E-state index in [2.05, 4.69) is 63.8 Å². The third-order valence-electron chi connectivity index (χ3n) is 4.29. The Morgan fingerprint density at radius 3 is 2.96 bits per heavy atom. The maximum Gasteiger partial charge on any atom is 0.191 e. The molecule has 0 saturated carbocycles. The average molecular weight is 365 g/mol. The molecule has 0 radical (unpaired) electrons. The van der Waals surface area contributed by atoms with E-state index in [0.717, 1.165) is 31.2 Å². The fraction of sp³-hybridized carbons (Fsp3) is 0.333. The summed E-state index contributed by atoms with van der Waals surface area (Å²) in [5, 5.41) is 7.89. The van der Waals surface area contributed by atoms with Gasteiger partial charge in [0.15, 0.2) is 5.96 Å². The largest absolute Gasteiger partial charge is 0.490 e. The number of fused-ring (bicyclic) bond motifs is 1. The third-order valence-corrected chi connectivity index (χ3v) is 4.29. The maximum absolute atomic E-state index is 5.65. The van der Waals surface area contributed by atoms with E-state index in [1.165, 1.54) is 22.0 Å². The minimum atomic E-state index is 0.553. The molecule has 0 aliphatic heterocycles. The Balaban J connectivity index is 1.51. The highest BCUT2D eigenvalue weighted by Crippen LogP contribution is 2.22. The van der Waals surface area contributed by atoms with Gasteiger partial charge >= 0.3 is 0 Å². The van der Waals surface area contributed by atoms with Gasteiger partial charge in [0.05, 0.1) is 12.7 Å². The van der Waals surface area contributed by atoms with Gasteiger partial charge < -0.3 is 20.4 Å². The molecule has 142 valence electrons. The molecule has 2 heterocycles. The van der Waals surface area contributed by atoms with Crippen LogP contribution in [0.25, 0.3) is 10.9 Å². The molecule has 0 atom stereocenters. The fourth-order valence-corrected chi connectivity index (χ4v) is 3.05. The molecule has 6 nitrogen and oxygen atoms in total. The van der Waals surface area contributed by atoms with Gasteiger partial charge in [0.25, 0.3) is 0 Å². The molecule has 0 aliphatic rings. The van der Waals surface area contributed by atoms with Gasteiger partial charge in [-0.05, 0) is 49.6 Å². The molecule has 6 heteroatoms. The zero-order chi connectivity index (χ0) is 18.9. The van der Waals surface area contributed by atoms with Crippen molar-refractivity contribution in [3.05, 3.63) is 60.0 Å². The molecule has 0 saturated heterocycles. The number of benzene rings is 1. The second kappa shape index (κ2) is 9.62. The van der Waals surface area contributed by atoms with E-state index >= 15 is 0 Å². The molecular weight excluding hydrogens is 338 g/mol. The molecule has 1 aromatic carbocycles. The molecule has 0 fully saturated rings. The molecular formula is C21H27N5O. The van der Waals surface area contributed by atoms with E-state index in [9.17, 15) is 0 Å².